The molecule has 0 unspecified atom stereocenters. The van der Waals surface area contributed by atoms with E-state index in [0.29, 0.717) is 9.13 Å². The SMILES string of the molecule is O=C(c1ccccc1I)c1cccc(F)c1F. The number of hydrogen-bond donors (Lipinski definition) is 0. The first-order valence-electron chi connectivity index (χ1n) is 4.84. The molecule has 0 heterocycles. The van der Waals surface area contributed by atoms with E-state index >= 15 is 0 Å². The first kappa shape index (κ1) is 12.2. The van der Waals surface area contributed by atoms with Gasteiger partial charge in [-0.1, -0.05) is 18.2 Å². The predicted octanol–water partition coefficient (Wildman–Crippen LogP) is 3.80. The molecule has 2 aromatic carbocycles. The summed E-state index contributed by atoms with van der Waals surface area (Å²) in [5.41, 5.74) is 0.131. The number of ketones is 1. The summed E-state index contributed by atoms with van der Waals surface area (Å²) in [4.78, 5) is 12.0. The topological polar surface area (TPSA) is 17.1 Å². The van der Waals surface area contributed by atoms with Crippen LogP contribution < -0.4 is 0 Å². The van der Waals surface area contributed by atoms with Crippen LogP contribution in [0.5, 0.6) is 0 Å². The predicted molar refractivity (Wildman–Crippen MR) is 68.9 cm³/mol. The van der Waals surface area contributed by atoms with Crippen molar-refractivity contribution >= 4 is 28.4 Å². The Morgan fingerprint density at radius 2 is 1.59 bits per heavy atom. The number of benzene rings is 2. The van der Waals surface area contributed by atoms with E-state index in [4.69, 9.17) is 0 Å². The summed E-state index contributed by atoms with van der Waals surface area (Å²) in [5, 5.41) is 0. The van der Waals surface area contributed by atoms with Crippen LogP contribution in [0.3, 0.4) is 0 Å². The first-order chi connectivity index (χ1) is 8.11. The van der Waals surface area contributed by atoms with Gasteiger partial charge in [0.25, 0.3) is 0 Å². The molecule has 0 saturated heterocycles. The Balaban J connectivity index is 2.52. The molecule has 1 nitrogen and oxygen atoms in total. The molecule has 17 heavy (non-hydrogen) atoms. The summed E-state index contributed by atoms with van der Waals surface area (Å²) < 4.78 is 27.2. The lowest BCUT2D eigenvalue weighted by Crippen LogP contribution is -2.07. The van der Waals surface area contributed by atoms with Crippen LogP contribution >= 0.6 is 22.6 Å². The molecule has 0 spiro atoms. The second-order valence-electron chi connectivity index (χ2n) is 3.41. The maximum atomic E-state index is 13.5. The van der Waals surface area contributed by atoms with E-state index in [2.05, 4.69) is 0 Å². The molecule has 0 aromatic heterocycles. The monoisotopic (exact) mass is 344 g/mol. The molecule has 0 fully saturated rings. The van der Waals surface area contributed by atoms with Crippen LogP contribution in [0.25, 0.3) is 0 Å². The lowest BCUT2D eigenvalue weighted by atomic mass is 10.0. The minimum absolute atomic E-state index is 0.242. The van der Waals surface area contributed by atoms with Crippen molar-refractivity contribution in [2.45, 2.75) is 0 Å². The standard InChI is InChI=1S/C13H7F2IO/c14-10-6-3-5-9(12(10)15)13(17)8-4-1-2-7-11(8)16/h1-7H. The van der Waals surface area contributed by atoms with Crippen LogP contribution in [0.2, 0.25) is 0 Å². The summed E-state index contributed by atoms with van der Waals surface area (Å²) in [7, 11) is 0. The van der Waals surface area contributed by atoms with E-state index < -0.39 is 17.4 Å². The molecule has 0 atom stereocenters. The van der Waals surface area contributed by atoms with Gasteiger partial charge >= 0.3 is 0 Å². The van der Waals surface area contributed by atoms with Crippen molar-refractivity contribution in [3.05, 3.63) is 68.8 Å². The Bertz CT molecular complexity index is 581. The van der Waals surface area contributed by atoms with E-state index in [1.807, 2.05) is 22.6 Å². The van der Waals surface area contributed by atoms with E-state index in [0.717, 1.165) is 6.07 Å². The van der Waals surface area contributed by atoms with Gasteiger partial charge in [-0.05, 0) is 46.9 Å². The molecule has 86 valence electrons. The zero-order valence-electron chi connectivity index (χ0n) is 8.58. The van der Waals surface area contributed by atoms with Crippen LogP contribution in [0.15, 0.2) is 42.5 Å². The Morgan fingerprint density at radius 3 is 2.29 bits per heavy atom. The first-order valence-corrected chi connectivity index (χ1v) is 5.92. The number of carbonyl (C=O) groups is 1. The maximum Gasteiger partial charge on any atom is 0.197 e. The fraction of sp³-hybridized carbons (Fsp3) is 0. The largest absolute Gasteiger partial charge is 0.288 e. The maximum absolute atomic E-state index is 13.5. The third kappa shape index (κ3) is 2.36. The molecule has 0 N–H and O–H groups in total. The highest BCUT2D eigenvalue weighted by Crippen LogP contribution is 2.19. The van der Waals surface area contributed by atoms with Crippen LogP contribution in [0.1, 0.15) is 15.9 Å². The summed E-state index contributed by atoms with van der Waals surface area (Å²) in [6.07, 6.45) is 0. The van der Waals surface area contributed by atoms with Crippen molar-refractivity contribution in [1.29, 1.82) is 0 Å². The van der Waals surface area contributed by atoms with Gasteiger partial charge in [-0.2, -0.15) is 0 Å². The molecule has 0 aliphatic heterocycles. The molecule has 0 aliphatic carbocycles. The fourth-order valence-electron chi connectivity index (χ4n) is 1.47. The molecule has 0 saturated carbocycles. The van der Waals surface area contributed by atoms with E-state index in [1.165, 1.54) is 12.1 Å². The number of rotatable bonds is 2. The molecule has 0 radical (unpaired) electrons. The zero-order chi connectivity index (χ0) is 12.4. The van der Waals surface area contributed by atoms with E-state index in [9.17, 15) is 13.6 Å². The van der Waals surface area contributed by atoms with Gasteiger partial charge in [0.05, 0.1) is 5.56 Å². The normalized spacial score (nSPS) is 10.3. The second-order valence-corrected chi connectivity index (χ2v) is 4.57. The molecule has 0 aliphatic rings. The van der Waals surface area contributed by atoms with E-state index in [-0.39, 0.29) is 5.56 Å². The van der Waals surface area contributed by atoms with Crippen molar-refractivity contribution < 1.29 is 13.6 Å². The molecule has 0 amide bonds. The highest BCUT2D eigenvalue weighted by Gasteiger charge is 2.18. The Labute approximate surface area is 111 Å². The molecular weight excluding hydrogens is 337 g/mol. The second kappa shape index (κ2) is 4.91. The lowest BCUT2D eigenvalue weighted by Gasteiger charge is -2.05. The summed E-state index contributed by atoms with van der Waals surface area (Å²) in [6.45, 7) is 0. The van der Waals surface area contributed by atoms with Crippen LogP contribution in [0.4, 0.5) is 8.78 Å². The number of halogens is 3. The smallest absolute Gasteiger partial charge is 0.197 e. The Morgan fingerprint density at radius 1 is 0.941 bits per heavy atom. The minimum Gasteiger partial charge on any atom is -0.288 e. The van der Waals surface area contributed by atoms with Gasteiger partial charge in [0.2, 0.25) is 0 Å². The van der Waals surface area contributed by atoms with Gasteiger partial charge in [0.1, 0.15) is 0 Å². The minimum atomic E-state index is -1.10. The molecule has 4 heteroatoms. The third-order valence-electron chi connectivity index (χ3n) is 2.31. The van der Waals surface area contributed by atoms with Crippen LogP contribution in [-0.2, 0) is 0 Å². The van der Waals surface area contributed by atoms with Crippen LogP contribution in [0, 0.1) is 15.2 Å². The highest BCUT2D eigenvalue weighted by atomic mass is 127. The Kier molecular flexibility index (Phi) is 3.51. The van der Waals surface area contributed by atoms with E-state index in [1.54, 1.807) is 24.3 Å². The quantitative estimate of drug-likeness (QED) is 0.598. The summed E-state index contributed by atoms with van der Waals surface area (Å²) >= 11 is 1.99. The fourth-order valence-corrected chi connectivity index (χ4v) is 2.10. The van der Waals surface area contributed by atoms with Crippen molar-refractivity contribution in [2.75, 3.05) is 0 Å². The van der Waals surface area contributed by atoms with Gasteiger partial charge in [-0.3, -0.25) is 4.79 Å². The number of carbonyl (C=O) groups excluding carboxylic acids is 1. The van der Waals surface area contributed by atoms with Gasteiger partial charge in [0, 0.05) is 9.13 Å². The zero-order valence-corrected chi connectivity index (χ0v) is 10.7. The van der Waals surface area contributed by atoms with Crippen molar-refractivity contribution in [2.24, 2.45) is 0 Å². The van der Waals surface area contributed by atoms with Crippen molar-refractivity contribution in [3.8, 4) is 0 Å². The third-order valence-corrected chi connectivity index (χ3v) is 3.26. The highest BCUT2D eigenvalue weighted by molar-refractivity contribution is 14.1. The van der Waals surface area contributed by atoms with Crippen LogP contribution in [-0.4, -0.2) is 5.78 Å². The van der Waals surface area contributed by atoms with Gasteiger partial charge < -0.3 is 0 Å². The van der Waals surface area contributed by atoms with Gasteiger partial charge in [0.15, 0.2) is 17.4 Å². The molecule has 2 aromatic rings. The average Bonchev–Trinajstić information content (AvgIpc) is 2.32. The summed E-state index contributed by atoms with van der Waals surface area (Å²) in [6, 6.07) is 10.4. The average molecular weight is 344 g/mol. The Hall–Kier alpha value is -1.30. The number of hydrogen-bond acceptors (Lipinski definition) is 1. The lowest BCUT2D eigenvalue weighted by molar-refractivity contribution is 0.103. The molecule has 2 rings (SSSR count). The van der Waals surface area contributed by atoms with Gasteiger partial charge in [-0.15, -0.1) is 0 Å². The van der Waals surface area contributed by atoms with Crippen molar-refractivity contribution in [3.63, 3.8) is 0 Å². The van der Waals surface area contributed by atoms with Gasteiger partial charge in [-0.25, -0.2) is 8.78 Å². The van der Waals surface area contributed by atoms with Crippen molar-refractivity contribution in [1.82, 2.24) is 0 Å². The molecular formula is C13H7F2IO. The summed E-state index contributed by atoms with van der Waals surface area (Å²) in [5.74, 6) is -2.62. The molecule has 0 bridgehead atoms.